The summed E-state index contributed by atoms with van der Waals surface area (Å²) in [5.41, 5.74) is -0.881. The molecule has 3 N–H and O–H groups in total. The Kier molecular flexibility index (Phi) is 14.7. The van der Waals surface area contributed by atoms with Crippen LogP contribution >= 0.6 is 11.3 Å². The van der Waals surface area contributed by atoms with Crippen LogP contribution in [0.3, 0.4) is 0 Å². The van der Waals surface area contributed by atoms with Crippen molar-refractivity contribution in [3.05, 3.63) is 34.0 Å². The van der Waals surface area contributed by atoms with Crippen LogP contribution in [0.4, 0.5) is 0 Å². The fourth-order valence-electron chi connectivity index (χ4n) is 4.94. The van der Waals surface area contributed by atoms with E-state index in [-0.39, 0.29) is 36.1 Å². The second kappa shape index (κ2) is 16.7. The van der Waals surface area contributed by atoms with Crippen molar-refractivity contribution >= 4 is 41.0 Å². The maximum absolute atomic E-state index is 14.1. The predicted octanol–water partition coefficient (Wildman–Crippen LogP) is 3.18. The summed E-state index contributed by atoms with van der Waals surface area (Å²) in [6, 6.07) is 0.920. The van der Waals surface area contributed by atoms with Crippen LogP contribution in [0, 0.1) is 11.3 Å². The Hall–Kier alpha value is -3.25. The van der Waals surface area contributed by atoms with Gasteiger partial charge in [-0.2, -0.15) is 0 Å². The summed E-state index contributed by atoms with van der Waals surface area (Å²) < 4.78 is 9.42. The third-order valence-corrected chi connectivity index (χ3v) is 8.95. The van der Waals surface area contributed by atoms with Gasteiger partial charge in [-0.15, -0.1) is 11.3 Å². The fourth-order valence-corrected chi connectivity index (χ4v) is 5.83. The summed E-state index contributed by atoms with van der Waals surface area (Å²) in [6.07, 6.45) is 1.60. The molecule has 11 nitrogen and oxygen atoms in total. The molecule has 1 rings (SSSR count). The van der Waals surface area contributed by atoms with Crippen molar-refractivity contribution in [2.75, 3.05) is 28.3 Å². The van der Waals surface area contributed by atoms with Crippen LogP contribution in [0.25, 0.3) is 0 Å². The number of hydrogen-bond acceptors (Lipinski definition) is 9. The zero-order valence-electron chi connectivity index (χ0n) is 28.3. The van der Waals surface area contributed by atoms with Gasteiger partial charge in [-0.1, -0.05) is 60.6 Å². The van der Waals surface area contributed by atoms with Gasteiger partial charge >= 0.3 is 11.9 Å². The van der Waals surface area contributed by atoms with E-state index in [1.165, 1.54) is 14.2 Å². The summed E-state index contributed by atoms with van der Waals surface area (Å²) in [7, 11) is 5.82. The number of nitrogens with one attached hydrogen (secondary N) is 3. The minimum absolute atomic E-state index is 0.00816. The standard InChI is InChI=1S/C32H52N4O7S/c1-19(2)22(18-20(3)27(38)34-21(30(41)43-12)15-16-24(37)42-11)36(10)29(40)26(31(4,5)6)35-28(39)25(33-9)32(7,8)23-14-13-17-44-23/h13-14,17-19,21-22,25-26,33H,15-16H2,1-12H3,(H,34,38)(H,35,39)/b20-18+/t21-,22-,25-,26?/m1/s1. The van der Waals surface area contributed by atoms with Crippen LogP contribution in [-0.2, 0) is 38.9 Å². The molecule has 0 saturated carbocycles. The number of carbonyl (C=O) groups excluding carboxylic acids is 5. The van der Waals surface area contributed by atoms with E-state index in [1.54, 1.807) is 43.3 Å². The third-order valence-electron chi connectivity index (χ3n) is 7.74. The molecule has 1 heterocycles. The lowest BCUT2D eigenvalue weighted by molar-refractivity contribution is -0.146. The SMILES string of the molecule is CN[C@H](C(=O)NC(C(=O)N(C)[C@H](/C=C(\C)C(=O)N[C@H](CCC(=O)OC)C(=O)OC)C(C)C)C(C)(C)C)C(C)(C)c1cccs1. The van der Waals surface area contributed by atoms with Crippen LogP contribution in [0.2, 0.25) is 0 Å². The van der Waals surface area contributed by atoms with E-state index in [4.69, 9.17) is 4.74 Å². The highest BCUT2D eigenvalue weighted by molar-refractivity contribution is 7.10. The number of likely N-dealkylation sites (N-methyl/N-ethyl adjacent to an activating group) is 2. The average molecular weight is 637 g/mol. The molecule has 0 aliphatic carbocycles. The lowest BCUT2D eigenvalue weighted by Gasteiger charge is -2.39. The molecule has 3 amide bonds. The number of hydrogen-bond donors (Lipinski definition) is 3. The molecule has 0 saturated heterocycles. The first-order chi connectivity index (χ1) is 20.3. The van der Waals surface area contributed by atoms with Gasteiger partial charge in [-0.05, 0) is 43.2 Å². The quantitative estimate of drug-likeness (QED) is 0.197. The summed E-state index contributed by atoms with van der Waals surface area (Å²) in [5, 5.41) is 10.8. The lowest BCUT2D eigenvalue weighted by atomic mass is 9.80. The highest BCUT2D eigenvalue weighted by Gasteiger charge is 2.42. The number of rotatable bonds is 15. The molecule has 0 aliphatic heterocycles. The van der Waals surface area contributed by atoms with Gasteiger partial charge in [0.05, 0.1) is 26.3 Å². The van der Waals surface area contributed by atoms with Crippen molar-refractivity contribution in [1.29, 1.82) is 0 Å². The maximum Gasteiger partial charge on any atom is 0.328 e. The normalized spacial score (nSPS) is 15.1. The largest absolute Gasteiger partial charge is 0.469 e. The van der Waals surface area contributed by atoms with Crippen LogP contribution in [0.1, 0.15) is 73.1 Å². The van der Waals surface area contributed by atoms with Crippen molar-refractivity contribution < 1.29 is 33.4 Å². The molecule has 1 aromatic heterocycles. The second-order valence-electron chi connectivity index (χ2n) is 12.9. The molecule has 1 aromatic rings. The number of amides is 3. The van der Waals surface area contributed by atoms with Crippen molar-refractivity contribution in [2.45, 2.75) is 97.8 Å². The van der Waals surface area contributed by atoms with Gasteiger partial charge in [0.25, 0.3) is 0 Å². The van der Waals surface area contributed by atoms with Gasteiger partial charge in [0, 0.05) is 29.3 Å². The molecule has 0 aliphatic rings. The number of esters is 2. The fraction of sp³-hybridized carbons (Fsp3) is 0.656. The van der Waals surface area contributed by atoms with Crippen molar-refractivity contribution in [3.63, 3.8) is 0 Å². The Morgan fingerprint density at radius 3 is 2.07 bits per heavy atom. The van der Waals surface area contributed by atoms with E-state index in [2.05, 4.69) is 20.7 Å². The van der Waals surface area contributed by atoms with Gasteiger partial charge in [0.1, 0.15) is 12.1 Å². The molecule has 0 radical (unpaired) electrons. The minimum atomic E-state index is -1.05. The minimum Gasteiger partial charge on any atom is -0.469 e. The third kappa shape index (κ3) is 10.4. The lowest BCUT2D eigenvalue weighted by Crippen LogP contribution is -2.61. The second-order valence-corrected chi connectivity index (χ2v) is 13.9. The Morgan fingerprint density at radius 2 is 1.61 bits per heavy atom. The van der Waals surface area contributed by atoms with E-state index < -0.39 is 52.8 Å². The monoisotopic (exact) mass is 636 g/mol. The summed E-state index contributed by atoms with van der Waals surface area (Å²) in [6.45, 7) is 15.1. The Morgan fingerprint density at radius 1 is 1.00 bits per heavy atom. The predicted molar refractivity (Wildman–Crippen MR) is 172 cm³/mol. The van der Waals surface area contributed by atoms with Gasteiger partial charge < -0.3 is 30.3 Å². The molecule has 0 aromatic carbocycles. The molecular formula is C32H52N4O7S. The first-order valence-corrected chi connectivity index (χ1v) is 15.6. The number of thiophene rings is 1. The molecule has 0 bridgehead atoms. The Labute approximate surface area is 266 Å². The summed E-state index contributed by atoms with van der Waals surface area (Å²) in [5.74, 6) is -2.43. The zero-order valence-corrected chi connectivity index (χ0v) is 29.1. The van der Waals surface area contributed by atoms with Crippen LogP contribution in [0.5, 0.6) is 0 Å². The van der Waals surface area contributed by atoms with E-state index in [1.807, 2.05) is 66.0 Å². The molecule has 1 unspecified atom stereocenters. The number of nitrogens with zero attached hydrogens (tertiary/aromatic N) is 1. The summed E-state index contributed by atoms with van der Waals surface area (Å²) >= 11 is 1.57. The van der Waals surface area contributed by atoms with E-state index in [0.29, 0.717) is 0 Å². The zero-order chi connectivity index (χ0) is 34.0. The molecule has 0 fully saturated rings. The van der Waals surface area contributed by atoms with Crippen molar-refractivity contribution in [1.82, 2.24) is 20.9 Å². The van der Waals surface area contributed by atoms with Gasteiger partial charge in [-0.25, -0.2) is 4.79 Å². The molecule has 12 heteroatoms. The number of methoxy groups -OCH3 is 2. The average Bonchev–Trinajstić information content (AvgIpc) is 3.51. The first-order valence-electron chi connectivity index (χ1n) is 14.8. The van der Waals surface area contributed by atoms with Crippen LogP contribution < -0.4 is 16.0 Å². The van der Waals surface area contributed by atoms with Gasteiger partial charge in [-0.3, -0.25) is 19.2 Å². The van der Waals surface area contributed by atoms with E-state index >= 15 is 0 Å². The van der Waals surface area contributed by atoms with Crippen molar-refractivity contribution in [3.8, 4) is 0 Å². The van der Waals surface area contributed by atoms with E-state index in [0.717, 1.165) is 4.88 Å². The topological polar surface area (TPSA) is 143 Å². The molecule has 4 atom stereocenters. The molecule has 0 spiro atoms. The smallest absolute Gasteiger partial charge is 0.328 e. The molecule has 248 valence electrons. The summed E-state index contributed by atoms with van der Waals surface area (Å²) in [4.78, 5) is 67.3. The van der Waals surface area contributed by atoms with Crippen LogP contribution in [0.15, 0.2) is 29.2 Å². The first kappa shape index (κ1) is 38.8. The highest BCUT2D eigenvalue weighted by Crippen LogP contribution is 2.32. The highest BCUT2D eigenvalue weighted by atomic mass is 32.1. The Balaban J connectivity index is 3.25. The van der Waals surface area contributed by atoms with Crippen molar-refractivity contribution in [2.24, 2.45) is 11.3 Å². The molecule has 44 heavy (non-hydrogen) atoms. The van der Waals surface area contributed by atoms with Gasteiger partial charge in [0.15, 0.2) is 0 Å². The molecular weight excluding hydrogens is 584 g/mol. The maximum atomic E-state index is 14.1. The van der Waals surface area contributed by atoms with Crippen LogP contribution in [-0.4, -0.2) is 87.0 Å². The number of carbonyl (C=O) groups is 5. The van der Waals surface area contributed by atoms with Gasteiger partial charge in [0.2, 0.25) is 17.7 Å². The van der Waals surface area contributed by atoms with E-state index in [9.17, 15) is 24.0 Å². The Bertz CT molecular complexity index is 1170. The number of ether oxygens (including phenoxy) is 2.